The quantitative estimate of drug-likeness (QED) is 0.0467. The van der Waals surface area contributed by atoms with Crippen LogP contribution in [0.3, 0.4) is 0 Å². The highest BCUT2D eigenvalue weighted by Crippen LogP contribution is 2.77. The number of ether oxygens (including phenoxy) is 11. The van der Waals surface area contributed by atoms with Crippen molar-refractivity contribution in [2.24, 2.45) is 50.2 Å². The van der Waals surface area contributed by atoms with Gasteiger partial charge in [0, 0.05) is 0 Å². The van der Waals surface area contributed by atoms with Gasteiger partial charge in [0.15, 0.2) is 31.3 Å². The number of esters is 2. The lowest BCUT2D eigenvalue weighted by atomic mass is 9.33. The average molecular weight is 1220 g/mol. The minimum Gasteiger partial charge on any atom is -0.459 e. The van der Waals surface area contributed by atoms with Gasteiger partial charge in [0.05, 0.1) is 51.8 Å². The van der Waals surface area contributed by atoms with Gasteiger partial charge in [-0.3, -0.25) is 9.59 Å². The Hall–Kier alpha value is -2.28. The molecule has 28 heteroatoms. The third-order valence-corrected chi connectivity index (χ3v) is 22.8. The second-order valence-electron chi connectivity index (χ2n) is 27.9. The number of allylic oxidation sites excluding steroid dienone is 2. The summed E-state index contributed by atoms with van der Waals surface area (Å²) >= 11 is 0. The number of rotatable bonds is 13. The maximum atomic E-state index is 15.4. The molecule has 0 aromatic heterocycles. The van der Waals surface area contributed by atoms with Gasteiger partial charge in [-0.25, -0.2) is 0 Å². The summed E-state index contributed by atoms with van der Waals surface area (Å²) in [5.74, 6) is -2.85. The third-order valence-electron chi connectivity index (χ3n) is 22.8. The molecule has 0 aromatic carbocycles. The largest absolute Gasteiger partial charge is 0.459 e. The molecule has 0 spiro atoms. The molecule has 2 bridgehead atoms. The molecule has 484 valence electrons. The molecule has 32 atom stereocenters. The van der Waals surface area contributed by atoms with E-state index in [0.29, 0.717) is 32.1 Å². The Morgan fingerprint density at radius 2 is 1.31 bits per heavy atom. The highest BCUT2D eigenvalue weighted by Gasteiger charge is 2.77. The van der Waals surface area contributed by atoms with E-state index in [9.17, 15) is 81.4 Å². The molecule has 0 aromatic rings. The molecule has 15 N–H and O–H groups in total. The van der Waals surface area contributed by atoms with Crippen molar-refractivity contribution in [1.29, 1.82) is 0 Å². The van der Waals surface area contributed by atoms with Crippen LogP contribution in [0.5, 0.6) is 0 Å². The van der Waals surface area contributed by atoms with Crippen molar-refractivity contribution in [3.63, 3.8) is 0 Å². The number of carbonyl (C=O) groups excluding carboxylic acids is 2. The number of aliphatic hydroxyl groups is 15. The molecule has 6 aliphatic heterocycles. The second kappa shape index (κ2) is 22.8. The summed E-state index contributed by atoms with van der Waals surface area (Å²) in [4.78, 5) is 29.7. The number of aliphatic hydroxyl groups excluding tert-OH is 14. The molecule has 11 aliphatic rings. The summed E-state index contributed by atoms with van der Waals surface area (Å²) in [5.41, 5.74) is -6.74. The molecule has 5 aliphatic carbocycles. The summed E-state index contributed by atoms with van der Waals surface area (Å²) < 4.78 is 64.8. The van der Waals surface area contributed by atoms with Gasteiger partial charge in [0.2, 0.25) is 6.29 Å². The monoisotopic (exact) mass is 1220 g/mol. The van der Waals surface area contributed by atoms with Gasteiger partial charge in [0.25, 0.3) is 0 Å². The van der Waals surface area contributed by atoms with E-state index < -0.39 is 237 Å². The van der Waals surface area contributed by atoms with Gasteiger partial charge >= 0.3 is 11.9 Å². The zero-order valence-corrected chi connectivity index (χ0v) is 48.5. The smallest absolute Gasteiger partial charge is 0.317 e. The maximum Gasteiger partial charge on any atom is 0.317 e. The predicted molar refractivity (Wildman–Crippen MR) is 278 cm³/mol. The van der Waals surface area contributed by atoms with Crippen LogP contribution in [-0.2, 0) is 61.7 Å². The van der Waals surface area contributed by atoms with Crippen molar-refractivity contribution < 1.29 is 138 Å². The molecule has 4 saturated carbocycles. The van der Waals surface area contributed by atoms with E-state index in [1.165, 1.54) is 6.92 Å². The number of carbonyl (C=O) groups is 2. The first-order valence-electron chi connectivity index (χ1n) is 29.9. The number of hydrogen-bond acceptors (Lipinski definition) is 28. The van der Waals surface area contributed by atoms with Gasteiger partial charge in [-0.1, -0.05) is 46.3 Å². The van der Waals surface area contributed by atoms with Gasteiger partial charge in [-0.05, 0) is 97.7 Å². The van der Waals surface area contributed by atoms with E-state index in [0.717, 1.165) is 5.57 Å². The van der Waals surface area contributed by atoms with E-state index in [-0.39, 0.29) is 30.6 Å². The zero-order valence-electron chi connectivity index (χ0n) is 48.5. The van der Waals surface area contributed by atoms with Crippen LogP contribution in [0.15, 0.2) is 11.6 Å². The Kier molecular flexibility index (Phi) is 17.3. The third kappa shape index (κ3) is 9.84. The highest BCUT2D eigenvalue weighted by molar-refractivity contribution is 5.82. The van der Waals surface area contributed by atoms with E-state index in [1.54, 1.807) is 0 Å². The molecule has 85 heavy (non-hydrogen) atoms. The maximum absolute atomic E-state index is 15.4. The summed E-state index contributed by atoms with van der Waals surface area (Å²) in [6.07, 6.45) is -31.6. The van der Waals surface area contributed by atoms with E-state index in [2.05, 4.69) is 40.7 Å². The van der Waals surface area contributed by atoms with Crippen molar-refractivity contribution in [3.8, 4) is 0 Å². The Morgan fingerprint density at radius 3 is 1.99 bits per heavy atom. The van der Waals surface area contributed by atoms with Crippen LogP contribution in [-0.4, -0.2) is 275 Å². The van der Waals surface area contributed by atoms with Crippen LogP contribution in [0, 0.1) is 50.2 Å². The topological polar surface area (TPSA) is 439 Å². The van der Waals surface area contributed by atoms with E-state index in [1.807, 2.05) is 0 Å². The lowest BCUT2D eigenvalue weighted by Crippen LogP contribution is -2.70. The van der Waals surface area contributed by atoms with Crippen LogP contribution in [0.1, 0.15) is 92.9 Å². The Bertz CT molecular complexity index is 2490. The van der Waals surface area contributed by atoms with Crippen LogP contribution in [0.2, 0.25) is 0 Å². The molecule has 0 amide bonds. The highest BCUT2D eigenvalue weighted by atomic mass is 16.8. The Balaban J connectivity index is 0.810. The molecule has 11 rings (SSSR count). The minimum absolute atomic E-state index is 0.101. The van der Waals surface area contributed by atoms with Crippen molar-refractivity contribution in [2.45, 2.75) is 240 Å². The SMILES string of the molecule is C[C@@H]1O[C@@H](O[C@H]2[C@H](OC(=O)[C@]34CCC(C)(C)C[C@H]3C3=CC[C@@H]5[C@@]6(C)C[C@@H]7OC(=O)[C@](CO)([C@@H]6CC[C@@]5(C)[C@]3(C)C[C@H]4O)[C@H]7O[C@@H]3O[C@H](CO)[C@@H](O)[C@H](O)[C@H]3O)OC[C@H](O)[C@@H]2O)[C@H](O)[C@H](O)[C@H]1O[C@@H]1OC[C@@H](O)[C@H](O[C@@H]2OC[C@](O)(CO)[C@H]2O)[C@H]1O. The molecular formula is C57H88O28. The van der Waals surface area contributed by atoms with E-state index in [4.69, 9.17) is 52.1 Å². The molecule has 6 heterocycles. The molecule has 10 fully saturated rings. The van der Waals surface area contributed by atoms with Crippen LogP contribution in [0.4, 0.5) is 0 Å². The lowest BCUT2D eigenvalue weighted by Gasteiger charge is -2.71. The van der Waals surface area contributed by atoms with Crippen molar-refractivity contribution >= 4 is 11.9 Å². The fourth-order valence-corrected chi connectivity index (χ4v) is 17.7. The van der Waals surface area contributed by atoms with Crippen molar-refractivity contribution in [1.82, 2.24) is 0 Å². The van der Waals surface area contributed by atoms with Crippen LogP contribution in [0.25, 0.3) is 0 Å². The first-order chi connectivity index (χ1) is 39.9. The lowest BCUT2D eigenvalue weighted by molar-refractivity contribution is -0.372. The normalized spacial score (nSPS) is 55.5. The molecule has 0 radical (unpaired) electrons. The summed E-state index contributed by atoms with van der Waals surface area (Å²) in [6.45, 7) is 8.22. The Morgan fingerprint density at radius 1 is 0.647 bits per heavy atom. The predicted octanol–water partition coefficient (Wildman–Crippen LogP) is -4.81. The minimum atomic E-state index is -2.08. The van der Waals surface area contributed by atoms with Gasteiger partial charge in [0.1, 0.15) is 108 Å². The summed E-state index contributed by atoms with van der Waals surface area (Å²) in [6, 6.07) is 0. The molecular weight excluding hydrogens is 1130 g/mol. The van der Waals surface area contributed by atoms with Gasteiger partial charge in [-0.15, -0.1) is 0 Å². The first-order valence-corrected chi connectivity index (χ1v) is 29.9. The standard InChI is InChI=1S/C57H88O28/c1-22-39(81-44-38(70)40(26(62)18-75-44)82-48-42(71)55(74,19-59)21-77-48)35(67)37(69)45(78-22)83-41-32(64)25(61)17-76-47(41)85-49(72)56-12-11-51(2,3)13-24(56)23-7-8-29-52(4)14-27-43(84-46-36(68)34(66)33(65)28(16-58)79-46)57(20-60,50(73)80-27)30(52)9-10-53(29,5)54(23,6)15-31(56)63/h7,22,24-48,58-71,74H,8-21H2,1-6H3/t22-,24-,25-,26+,27-,28+,29+,30+,31+,32-,33+,34-,35-,36+,37+,38+,39-,40-,41+,42-,43-,44-,45-,46-,47-,48-,52+,53+,54+,55+,56+,57+/m0/s1. The zero-order chi connectivity index (χ0) is 61.6. The number of hydrogen-bond donors (Lipinski definition) is 15. The van der Waals surface area contributed by atoms with Crippen LogP contribution >= 0.6 is 0 Å². The average Bonchev–Trinajstić information content (AvgIpc) is 1.61. The van der Waals surface area contributed by atoms with Gasteiger partial charge < -0.3 is 129 Å². The second-order valence-corrected chi connectivity index (χ2v) is 27.9. The summed E-state index contributed by atoms with van der Waals surface area (Å²) in [5, 5.41) is 164. The molecule has 28 nitrogen and oxygen atoms in total. The molecule has 6 saturated heterocycles. The molecule has 0 unspecified atom stereocenters. The number of fused-ring (bicyclic) bond motifs is 10. The van der Waals surface area contributed by atoms with Gasteiger partial charge in [-0.2, -0.15) is 0 Å². The van der Waals surface area contributed by atoms with Crippen molar-refractivity contribution in [3.05, 3.63) is 11.6 Å². The van der Waals surface area contributed by atoms with E-state index >= 15 is 4.79 Å². The van der Waals surface area contributed by atoms with Crippen LogP contribution < -0.4 is 0 Å². The summed E-state index contributed by atoms with van der Waals surface area (Å²) in [7, 11) is 0. The fourth-order valence-electron chi connectivity index (χ4n) is 17.7. The van der Waals surface area contributed by atoms with Crippen molar-refractivity contribution in [2.75, 3.05) is 39.6 Å². The first kappa shape index (κ1) is 64.3. The Labute approximate surface area is 490 Å². The fraction of sp³-hybridized carbons (Fsp3) is 0.930.